The highest BCUT2D eigenvalue weighted by Gasteiger charge is 2.14. The van der Waals surface area contributed by atoms with Crippen molar-refractivity contribution in [3.63, 3.8) is 0 Å². The molecule has 0 saturated carbocycles. The van der Waals surface area contributed by atoms with Gasteiger partial charge in [0.05, 0.1) is 11.4 Å². The van der Waals surface area contributed by atoms with E-state index in [1.165, 1.54) is 5.56 Å². The zero-order valence-electron chi connectivity index (χ0n) is 13.5. The number of hydrogen-bond donors (Lipinski definition) is 1. The van der Waals surface area contributed by atoms with Crippen LogP contribution in [0.2, 0.25) is 0 Å². The van der Waals surface area contributed by atoms with Crippen LogP contribution in [0.1, 0.15) is 42.4 Å². The maximum atomic E-state index is 9.89. The van der Waals surface area contributed by atoms with E-state index in [-0.39, 0.29) is 5.75 Å². The van der Waals surface area contributed by atoms with E-state index in [2.05, 4.69) is 35.0 Å². The van der Waals surface area contributed by atoms with Crippen LogP contribution in [0.25, 0.3) is 0 Å². The lowest BCUT2D eigenvalue weighted by Crippen LogP contribution is -2.19. The molecular weight excluding hydrogens is 264 g/mol. The molecule has 2 heterocycles. The monoisotopic (exact) mass is 288 g/mol. The third kappa shape index (κ3) is 3.82. The van der Waals surface area contributed by atoms with Gasteiger partial charge in [0.25, 0.3) is 0 Å². The number of pyridine rings is 1. The smallest absolute Gasteiger partial charge is 0.138 e. The summed E-state index contributed by atoms with van der Waals surface area (Å²) in [4.78, 5) is 6.55. The molecule has 0 fully saturated rings. The first kappa shape index (κ1) is 15.5. The Labute approximate surface area is 126 Å². The van der Waals surface area contributed by atoms with Crippen LogP contribution in [0.3, 0.4) is 0 Å². The predicted octanol–water partition coefficient (Wildman–Crippen LogP) is 2.58. The number of nitrogens with zero attached hydrogens (tertiary/aromatic N) is 4. The Morgan fingerprint density at radius 1 is 1.29 bits per heavy atom. The summed E-state index contributed by atoms with van der Waals surface area (Å²) in [7, 11) is 3.98. The van der Waals surface area contributed by atoms with Gasteiger partial charge in [0, 0.05) is 37.6 Å². The van der Waals surface area contributed by atoms with Crippen LogP contribution in [0.15, 0.2) is 18.3 Å². The van der Waals surface area contributed by atoms with Crippen molar-refractivity contribution < 1.29 is 5.11 Å². The molecule has 0 atom stereocenters. The average molecular weight is 288 g/mol. The highest BCUT2D eigenvalue weighted by Crippen LogP contribution is 2.21. The fourth-order valence-electron chi connectivity index (χ4n) is 2.48. The Kier molecular flexibility index (Phi) is 4.63. The molecule has 2 aromatic heterocycles. The molecule has 114 valence electrons. The Balaban J connectivity index is 2.11. The van der Waals surface area contributed by atoms with Gasteiger partial charge < -0.3 is 5.11 Å². The molecule has 2 rings (SSSR count). The molecule has 0 aliphatic rings. The van der Waals surface area contributed by atoms with Crippen molar-refractivity contribution in [2.45, 2.75) is 39.8 Å². The fraction of sp³-hybridized carbons (Fsp3) is 0.500. The number of aromatic hydroxyl groups is 1. The van der Waals surface area contributed by atoms with Gasteiger partial charge in [-0.25, -0.2) is 0 Å². The normalized spacial score (nSPS) is 11.6. The molecule has 0 radical (unpaired) electrons. The topological polar surface area (TPSA) is 54.2 Å². The summed E-state index contributed by atoms with van der Waals surface area (Å²) in [5.74, 6) is 0.655. The van der Waals surface area contributed by atoms with Crippen LogP contribution in [-0.2, 0) is 20.1 Å². The first-order valence-corrected chi connectivity index (χ1v) is 7.23. The summed E-state index contributed by atoms with van der Waals surface area (Å²) in [6.45, 7) is 7.64. The predicted molar refractivity (Wildman–Crippen MR) is 83.1 cm³/mol. The lowest BCUT2D eigenvalue weighted by atomic mass is 10.1. The summed E-state index contributed by atoms with van der Waals surface area (Å²) < 4.78 is 1.86. The summed E-state index contributed by atoms with van der Waals surface area (Å²) >= 11 is 0. The second-order valence-corrected chi connectivity index (χ2v) is 5.96. The van der Waals surface area contributed by atoms with Crippen molar-refractivity contribution >= 4 is 0 Å². The average Bonchev–Trinajstić information content (AvgIpc) is 2.75. The minimum absolute atomic E-state index is 0.253. The number of aromatic nitrogens is 3. The quantitative estimate of drug-likeness (QED) is 0.919. The molecular formula is C16H24N4O. The molecule has 2 aromatic rings. The Morgan fingerprint density at radius 3 is 2.67 bits per heavy atom. The molecule has 0 spiro atoms. The molecule has 0 bridgehead atoms. The van der Waals surface area contributed by atoms with Crippen molar-refractivity contribution in [3.05, 3.63) is 41.0 Å². The molecule has 1 N–H and O–H groups in total. The van der Waals surface area contributed by atoms with Gasteiger partial charge in [-0.2, -0.15) is 5.10 Å². The Morgan fingerprint density at radius 2 is 2.00 bits per heavy atom. The van der Waals surface area contributed by atoms with Crippen molar-refractivity contribution in [3.8, 4) is 5.75 Å². The largest absolute Gasteiger partial charge is 0.506 e. The number of hydrogen-bond acceptors (Lipinski definition) is 4. The molecule has 5 heteroatoms. The molecule has 5 nitrogen and oxygen atoms in total. The molecule has 0 unspecified atom stereocenters. The zero-order chi connectivity index (χ0) is 15.6. The first-order valence-electron chi connectivity index (χ1n) is 7.23. The van der Waals surface area contributed by atoms with Gasteiger partial charge in [0.1, 0.15) is 5.75 Å². The lowest BCUT2D eigenvalue weighted by Gasteiger charge is -2.17. The van der Waals surface area contributed by atoms with Gasteiger partial charge >= 0.3 is 0 Å². The number of aryl methyl sites for hydroxylation is 2. The van der Waals surface area contributed by atoms with E-state index in [1.807, 2.05) is 31.8 Å². The van der Waals surface area contributed by atoms with E-state index in [1.54, 1.807) is 6.07 Å². The van der Waals surface area contributed by atoms with E-state index in [9.17, 15) is 5.11 Å². The summed E-state index contributed by atoms with van der Waals surface area (Å²) in [6.07, 6.45) is 2.06. The highest BCUT2D eigenvalue weighted by molar-refractivity contribution is 5.27. The summed E-state index contributed by atoms with van der Waals surface area (Å²) in [5.41, 5.74) is 3.99. The molecule has 0 aliphatic carbocycles. The van der Waals surface area contributed by atoms with Crippen LogP contribution in [-0.4, -0.2) is 31.8 Å². The third-order valence-corrected chi connectivity index (χ3v) is 3.43. The van der Waals surface area contributed by atoms with E-state index in [0.29, 0.717) is 18.2 Å². The second-order valence-electron chi connectivity index (χ2n) is 5.96. The van der Waals surface area contributed by atoms with Crippen molar-refractivity contribution in [1.29, 1.82) is 0 Å². The minimum atomic E-state index is 0.253. The van der Waals surface area contributed by atoms with Gasteiger partial charge in [0.2, 0.25) is 0 Å². The van der Waals surface area contributed by atoms with Crippen molar-refractivity contribution in [2.75, 3.05) is 7.05 Å². The van der Waals surface area contributed by atoms with Gasteiger partial charge in [-0.15, -0.1) is 0 Å². The Hall–Kier alpha value is -1.88. The van der Waals surface area contributed by atoms with E-state index in [4.69, 9.17) is 0 Å². The zero-order valence-corrected chi connectivity index (χ0v) is 13.5. The SMILES string of the molecule is Cc1ccc(O)c(CN(C)Cc2cn(C)nc2C(C)C)n1. The van der Waals surface area contributed by atoms with Crippen LogP contribution in [0.5, 0.6) is 5.75 Å². The fourth-order valence-corrected chi connectivity index (χ4v) is 2.48. The first-order chi connectivity index (χ1) is 9.86. The van der Waals surface area contributed by atoms with Crippen LogP contribution < -0.4 is 0 Å². The van der Waals surface area contributed by atoms with Gasteiger partial charge in [-0.1, -0.05) is 13.8 Å². The van der Waals surface area contributed by atoms with Crippen LogP contribution in [0.4, 0.5) is 0 Å². The molecule has 0 amide bonds. The van der Waals surface area contributed by atoms with Crippen LogP contribution >= 0.6 is 0 Å². The molecule has 0 saturated heterocycles. The van der Waals surface area contributed by atoms with E-state index < -0.39 is 0 Å². The highest BCUT2D eigenvalue weighted by atomic mass is 16.3. The van der Waals surface area contributed by atoms with E-state index in [0.717, 1.165) is 17.9 Å². The standard InChI is InChI=1S/C16H24N4O/c1-11(2)16-13(9-20(5)18-16)8-19(4)10-14-15(21)7-6-12(3)17-14/h6-7,9,11,21H,8,10H2,1-5H3. The van der Waals surface area contributed by atoms with Crippen molar-refractivity contribution in [1.82, 2.24) is 19.7 Å². The molecule has 0 aromatic carbocycles. The summed E-state index contributed by atoms with van der Waals surface area (Å²) in [5, 5.41) is 14.4. The minimum Gasteiger partial charge on any atom is -0.506 e. The molecule has 0 aliphatic heterocycles. The summed E-state index contributed by atoms with van der Waals surface area (Å²) in [6, 6.07) is 3.52. The van der Waals surface area contributed by atoms with Crippen LogP contribution in [0, 0.1) is 6.92 Å². The second kappa shape index (κ2) is 6.26. The third-order valence-electron chi connectivity index (χ3n) is 3.43. The van der Waals surface area contributed by atoms with E-state index >= 15 is 0 Å². The van der Waals surface area contributed by atoms with Gasteiger partial charge in [0.15, 0.2) is 0 Å². The molecule has 21 heavy (non-hydrogen) atoms. The van der Waals surface area contributed by atoms with Crippen molar-refractivity contribution in [2.24, 2.45) is 7.05 Å². The maximum Gasteiger partial charge on any atom is 0.138 e. The Bertz CT molecular complexity index is 619. The lowest BCUT2D eigenvalue weighted by molar-refractivity contribution is 0.306. The number of rotatable bonds is 5. The van der Waals surface area contributed by atoms with Gasteiger partial charge in [-0.3, -0.25) is 14.6 Å². The maximum absolute atomic E-state index is 9.89. The van der Waals surface area contributed by atoms with Gasteiger partial charge in [-0.05, 0) is 32.0 Å².